The van der Waals surface area contributed by atoms with Crippen LogP contribution in [0.5, 0.6) is 0 Å². The minimum Gasteiger partial charge on any atom is -0.478 e. The number of fused-ring (bicyclic) bond motifs is 1. The SMILES string of the molecule is O=C1CCCC2=C1[C@H](c1ccc(C(=O)O)cc1)n1ncc(C(=O)Nc3ccccc3)c1N2. The molecular formula is C24H20N4O4. The van der Waals surface area contributed by atoms with Gasteiger partial charge in [0.1, 0.15) is 17.4 Å². The maximum atomic E-state index is 13.0. The minimum atomic E-state index is -1.02. The van der Waals surface area contributed by atoms with E-state index in [1.807, 2.05) is 18.2 Å². The third-order valence-corrected chi connectivity index (χ3v) is 5.79. The maximum absolute atomic E-state index is 13.0. The first-order valence-electron chi connectivity index (χ1n) is 10.3. The number of benzene rings is 2. The number of allylic oxidation sites excluding steroid dienone is 2. The van der Waals surface area contributed by atoms with E-state index in [1.165, 1.54) is 18.3 Å². The number of anilines is 2. The molecule has 3 aromatic rings. The summed E-state index contributed by atoms with van der Waals surface area (Å²) >= 11 is 0. The molecule has 8 heteroatoms. The van der Waals surface area contributed by atoms with Crippen LogP contribution in [-0.2, 0) is 4.79 Å². The normalized spacial score (nSPS) is 17.2. The van der Waals surface area contributed by atoms with Crippen molar-refractivity contribution >= 4 is 29.2 Å². The molecule has 8 nitrogen and oxygen atoms in total. The van der Waals surface area contributed by atoms with Crippen LogP contribution >= 0.6 is 0 Å². The van der Waals surface area contributed by atoms with Crippen LogP contribution in [0.3, 0.4) is 0 Å². The van der Waals surface area contributed by atoms with E-state index in [9.17, 15) is 19.5 Å². The zero-order valence-electron chi connectivity index (χ0n) is 17.0. The van der Waals surface area contributed by atoms with E-state index in [2.05, 4.69) is 15.7 Å². The highest BCUT2D eigenvalue weighted by molar-refractivity contribution is 6.08. The third kappa shape index (κ3) is 3.35. The van der Waals surface area contributed by atoms with Crippen LogP contribution < -0.4 is 10.6 Å². The van der Waals surface area contributed by atoms with E-state index in [-0.39, 0.29) is 17.3 Å². The second kappa shape index (κ2) is 7.81. The van der Waals surface area contributed by atoms with E-state index in [0.29, 0.717) is 35.5 Å². The summed E-state index contributed by atoms with van der Waals surface area (Å²) in [5.74, 6) is -0.784. The fraction of sp³-hybridized carbons (Fsp3) is 0.167. The van der Waals surface area contributed by atoms with E-state index in [1.54, 1.807) is 28.9 Å². The highest BCUT2D eigenvalue weighted by Crippen LogP contribution is 2.41. The lowest BCUT2D eigenvalue weighted by atomic mass is 9.85. The Labute approximate surface area is 183 Å². The fourth-order valence-corrected chi connectivity index (χ4v) is 4.26. The Morgan fingerprint density at radius 3 is 2.53 bits per heavy atom. The van der Waals surface area contributed by atoms with Gasteiger partial charge in [-0.05, 0) is 42.7 Å². The van der Waals surface area contributed by atoms with Gasteiger partial charge in [0.2, 0.25) is 0 Å². The Morgan fingerprint density at radius 1 is 1.06 bits per heavy atom. The van der Waals surface area contributed by atoms with Crippen LogP contribution in [0.2, 0.25) is 0 Å². The molecule has 0 unspecified atom stereocenters. The Bertz CT molecular complexity index is 1260. The van der Waals surface area contributed by atoms with Crippen molar-refractivity contribution in [1.82, 2.24) is 9.78 Å². The average Bonchev–Trinajstić information content (AvgIpc) is 3.22. The molecule has 0 spiro atoms. The van der Waals surface area contributed by atoms with Crippen LogP contribution in [0.4, 0.5) is 11.5 Å². The number of nitrogens with zero attached hydrogens (tertiary/aromatic N) is 2. The molecule has 0 saturated carbocycles. The van der Waals surface area contributed by atoms with E-state index in [4.69, 9.17) is 0 Å². The van der Waals surface area contributed by atoms with Crippen molar-refractivity contribution < 1.29 is 19.5 Å². The average molecular weight is 428 g/mol. The molecule has 1 aliphatic heterocycles. The Hall–Kier alpha value is -4.20. The number of rotatable bonds is 4. The molecule has 1 atom stereocenters. The van der Waals surface area contributed by atoms with Gasteiger partial charge in [0.25, 0.3) is 5.91 Å². The Morgan fingerprint density at radius 2 is 1.81 bits per heavy atom. The number of ketones is 1. The number of Topliss-reactive ketones (excluding diaryl/α,β-unsaturated/α-hetero) is 1. The Balaban J connectivity index is 1.57. The molecule has 160 valence electrons. The molecule has 3 N–H and O–H groups in total. The monoisotopic (exact) mass is 428 g/mol. The lowest BCUT2D eigenvalue weighted by molar-refractivity contribution is -0.116. The van der Waals surface area contributed by atoms with Gasteiger partial charge in [-0.1, -0.05) is 30.3 Å². The van der Waals surface area contributed by atoms with Gasteiger partial charge in [-0.15, -0.1) is 0 Å². The minimum absolute atomic E-state index is 0.0301. The van der Waals surface area contributed by atoms with E-state index >= 15 is 0 Å². The number of carboxylic acids is 1. The molecule has 1 amide bonds. The second-order valence-electron chi connectivity index (χ2n) is 7.80. The van der Waals surface area contributed by atoms with Crippen LogP contribution in [0.1, 0.15) is 51.6 Å². The lowest BCUT2D eigenvalue weighted by Gasteiger charge is -2.33. The van der Waals surface area contributed by atoms with Crippen molar-refractivity contribution in [3.8, 4) is 0 Å². The standard InChI is InChI=1S/C24H20N4O4/c29-19-8-4-7-18-20(19)21(14-9-11-15(12-10-14)24(31)32)28-22(27-18)17(13-25-28)23(30)26-16-5-2-1-3-6-16/h1-3,5-6,9-13,21,27H,4,7-8H2,(H,26,30)(H,31,32)/t21-/m0/s1. The number of para-hydroxylation sites is 1. The predicted molar refractivity (Wildman–Crippen MR) is 118 cm³/mol. The van der Waals surface area contributed by atoms with Crippen LogP contribution in [0, 0.1) is 0 Å². The number of hydrogen-bond donors (Lipinski definition) is 3. The summed E-state index contributed by atoms with van der Waals surface area (Å²) in [6.07, 6.45) is 3.36. The van der Waals surface area contributed by atoms with Crippen LogP contribution in [-0.4, -0.2) is 32.5 Å². The topological polar surface area (TPSA) is 113 Å². The van der Waals surface area contributed by atoms with Gasteiger partial charge in [-0.3, -0.25) is 9.59 Å². The van der Waals surface area contributed by atoms with Gasteiger partial charge in [-0.2, -0.15) is 5.10 Å². The summed E-state index contributed by atoms with van der Waals surface area (Å²) < 4.78 is 1.64. The first kappa shape index (κ1) is 19.7. The third-order valence-electron chi connectivity index (χ3n) is 5.79. The van der Waals surface area contributed by atoms with Gasteiger partial charge in [0.05, 0.1) is 11.8 Å². The molecule has 2 aliphatic rings. The van der Waals surface area contributed by atoms with Crippen molar-refractivity contribution in [3.05, 3.63) is 88.8 Å². The summed E-state index contributed by atoms with van der Waals surface area (Å²) in [6.45, 7) is 0. The number of aromatic nitrogens is 2. The number of nitrogens with one attached hydrogen (secondary N) is 2. The highest BCUT2D eigenvalue weighted by Gasteiger charge is 2.37. The molecular weight excluding hydrogens is 408 g/mol. The molecule has 1 aromatic heterocycles. The molecule has 32 heavy (non-hydrogen) atoms. The number of aromatic carboxylic acids is 1. The number of hydrogen-bond acceptors (Lipinski definition) is 5. The molecule has 0 saturated heterocycles. The lowest BCUT2D eigenvalue weighted by Crippen LogP contribution is -2.32. The predicted octanol–water partition coefficient (Wildman–Crippen LogP) is 3.86. The smallest absolute Gasteiger partial charge is 0.335 e. The quantitative estimate of drug-likeness (QED) is 0.582. The molecule has 0 fully saturated rings. The summed E-state index contributed by atoms with van der Waals surface area (Å²) in [6, 6.07) is 15.0. The molecule has 2 aromatic carbocycles. The van der Waals surface area contributed by atoms with Crippen molar-refractivity contribution in [1.29, 1.82) is 0 Å². The summed E-state index contributed by atoms with van der Waals surface area (Å²) in [7, 11) is 0. The Kier molecular flexibility index (Phi) is 4.82. The molecule has 0 bridgehead atoms. The molecule has 2 heterocycles. The zero-order chi connectivity index (χ0) is 22.2. The maximum Gasteiger partial charge on any atom is 0.335 e. The molecule has 5 rings (SSSR count). The van der Waals surface area contributed by atoms with Crippen molar-refractivity contribution in [2.75, 3.05) is 10.6 Å². The number of carbonyl (C=O) groups excluding carboxylic acids is 2. The van der Waals surface area contributed by atoms with Crippen LogP contribution in [0.25, 0.3) is 0 Å². The van der Waals surface area contributed by atoms with Gasteiger partial charge >= 0.3 is 5.97 Å². The highest BCUT2D eigenvalue weighted by atomic mass is 16.4. The summed E-state index contributed by atoms with van der Waals surface area (Å²) in [5.41, 5.74) is 3.33. The first-order chi connectivity index (χ1) is 15.5. The molecule has 1 aliphatic carbocycles. The van der Waals surface area contributed by atoms with Crippen molar-refractivity contribution in [2.24, 2.45) is 0 Å². The largest absolute Gasteiger partial charge is 0.478 e. The first-order valence-corrected chi connectivity index (χ1v) is 10.3. The van der Waals surface area contributed by atoms with Gasteiger partial charge in [0.15, 0.2) is 5.78 Å². The van der Waals surface area contributed by atoms with Crippen molar-refractivity contribution in [3.63, 3.8) is 0 Å². The van der Waals surface area contributed by atoms with Gasteiger partial charge in [0, 0.05) is 23.4 Å². The fourth-order valence-electron chi connectivity index (χ4n) is 4.26. The van der Waals surface area contributed by atoms with E-state index < -0.39 is 12.0 Å². The number of carbonyl (C=O) groups is 3. The van der Waals surface area contributed by atoms with Crippen molar-refractivity contribution in [2.45, 2.75) is 25.3 Å². The number of amides is 1. The van der Waals surface area contributed by atoms with Crippen LogP contribution in [0.15, 0.2) is 72.1 Å². The van der Waals surface area contributed by atoms with E-state index in [0.717, 1.165) is 17.7 Å². The molecule has 0 radical (unpaired) electrons. The van der Waals surface area contributed by atoms with Gasteiger partial charge < -0.3 is 15.7 Å². The summed E-state index contributed by atoms with van der Waals surface area (Å²) in [4.78, 5) is 37.1. The van der Waals surface area contributed by atoms with Gasteiger partial charge in [-0.25, -0.2) is 9.48 Å². The summed E-state index contributed by atoms with van der Waals surface area (Å²) in [5, 5.41) is 19.8. The second-order valence-corrected chi connectivity index (χ2v) is 7.80. The number of carboxylic acid groups (broad SMARTS) is 1. The zero-order valence-corrected chi connectivity index (χ0v) is 17.0.